The summed E-state index contributed by atoms with van der Waals surface area (Å²) in [6.07, 6.45) is 2.78. The minimum absolute atomic E-state index is 0.169. The van der Waals surface area contributed by atoms with E-state index in [0.29, 0.717) is 28.0 Å². The summed E-state index contributed by atoms with van der Waals surface area (Å²) in [6, 6.07) is 7.00. The molecule has 0 bridgehead atoms. The molecule has 2 aliphatic carbocycles. The molecule has 2 aliphatic heterocycles. The quantitative estimate of drug-likeness (QED) is 0.262. The average molecular weight is 597 g/mol. The van der Waals surface area contributed by atoms with Gasteiger partial charge in [0.05, 0.1) is 17.9 Å². The Hall–Kier alpha value is -0.660. The molecule has 0 N–H and O–H groups in total. The van der Waals surface area contributed by atoms with Gasteiger partial charge in [-0.15, -0.1) is 71.5 Å². The predicted octanol–water partition coefficient (Wildman–Crippen LogP) is 9.31. The molecule has 184 valence electrons. The Bertz CT molecular complexity index is 1330. The van der Waals surface area contributed by atoms with Crippen LogP contribution in [0.5, 0.6) is 0 Å². The molecule has 0 aromatic carbocycles. The van der Waals surface area contributed by atoms with Gasteiger partial charge in [0.2, 0.25) is 0 Å². The van der Waals surface area contributed by atoms with Crippen molar-refractivity contribution in [3.8, 4) is 0 Å². The van der Waals surface area contributed by atoms with Crippen molar-refractivity contribution in [2.45, 2.75) is 49.5 Å². The Morgan fingerprint density at radius 3 is 1.31 bits per heavy atom. The zero-order valence-corrected chi connectivity index (χ0v) is 22.8. The molecular formula is C23H14F6S6. The second kappa shape index (κ2) is 7.25. The molecule has 1 fully saturated rings. The molecule has 2 aromatic rings. The van der Waals surface area contributed by atoms with Gasteiger partial charge >= 0.3 is 17.8 Å². The van der Waals surface area contributed by atoms with Crippen LogP contribution in [-0.4, -0.2) is 27.3 Å². The third kappa shape index (κ3) is 2.90. The van der Waals surface area contributed by atoms with Gasteiger partial charge in [0.15, 0.2) is 0 Å². The first-order valence-corrected chi connectivity index (χ1v) is 14.4. The molecule has 4 heterocycles. The van der Waals surface area contributed by atoms with Gasteiger partial charge < -0.3 is 0 Å². The molecule has 12 heteroatoms. The van der Waals surface area contributed by atoms with Crippen LogP contribution in [-0.2, 0) is 0 Å². The molecule has 2 unspecified atom stereocenters. The lowest BCUT2D eigenvalue weighted by molar-refractivity contribution is -0.258. The summed E-state index contributed by atoms with van der Waals surface area (Å²) in [7, 11) is 0. The number of thiol groups is 2. The number of fused-ring (bicyclic) bond motifs is 4. The molecular weight excluding hydrogens is 583 g/mol. The van der Waals surface area contributed by atoms with Crippen LogP contribution in [0.1, 0.15) is 23.6 Å². The van der Waals surface area contributed by atoms with Crippen LogP contribution in [0.3, 0.4) is 0 Å². The summed E-state index contributed by atoms with van der Waals surface area (Å²) in [5.41, 5.74) is -2.82. The number of alkyl halides is 6. The first-order valence-electron chi connectivity index (χ1n) is 10.2. The van der Waals surface area contributed by atoms with E-state index >= 15 is 17.6 Å². The van der Waals surface area contributed by atoms with Crippen LogP contribution in [0.25, 0.3) is 9.81 Å². The van der Waals surface area contributed by atoms with E-state index in [4.69, 9.17) is 0 Å². The maximum Gasteiger partial charge on any atom is 0.380 e. The fraction of sp³-hybridized carbons (Fsp3) is 0.304. The van der Waals surface area contributed by atoms with Crippen molar-refractivity contribution in [2.24, 2.45) is 0 Å². The number of hydrogen-bond donors (Lipinski definition) is 2. The summed E-state index contributed by atoms with van der Waals surface area (Å²) in [4.78, 5) is 2.56. The number of hydrogen-bond acceptors (Lipinski definition) is 6. The lowest BCUT2D eigenvalue weighted by atomic mass is 9.71. The normalized spacial score (nSPS) is 31.9. The molecule has 0 amide bonds. The third-order valence-corrected chi connectivity index (χ3v) is 13.3. The summed E-state index contributed by atoms with van der Waals surface area (Å²) in [6.45, 7) is 3.37. The van der Waals surface area contributed by atoms with Gasteiger partial charge in [0.1, 0.15) is 0 Å². The van der Waals surface area contributed by atoms with Crippen molar-refractivity contribution in [3.05, 3.63) is 68.5 Å². The molecule has 0 spiro atoms. The largest absolute Gasteiger partial charge is 0.380 e. The maximum absolute atomic E-state index is 15.3. The second-order valence-corrected chi connectivity index (χ2v) is 15.5. The van der Waals surface area contributed by atoms with Crippen LogP contribution in [0, 0.1) is 0 Å². The Morgan fingerprint density at radius 1 is 0.629 bits per heavy atom. The smallest absolute Gasteiger partial charge is 0.194 e. The molecule has 0 radical (unpaired) electrons. The lowest BCUT2D eigenvalue weighted by Gasteiger charge is -2.47. The standard InChI is InChI=1S/C23H14F6S6/c1-19-9(7-13(34-19)11-3-5-15(30)32-11)17-18(22(26,27)23(28,29)21(17,24)25)10-8-14(35-20(10,19)2)12-4-6-16(31)33-12/h3-8,30-31H,1-2H3. The zero-order chi connectivity index (χ0) is 25.3. The Labute approximate surface area is 224 Å². The summed E-state index contributed by atoms with van der Waals surface area (Å²) >= 11 is 13.7. The SMILES string of the molecule is CC12SC(c3ccc(S)s3)=CC1=C1C(=C3C=C(c4ccc(S)s4)SC32C)C(F)(F)C(F)(F)C1(F)F. The Morgan fingerprint density at radius 2 is 1.00 bits per heavy atom. The van der Waals surface area contributed by atoms with Gasteiger partial charge in [-0.05, 0) is 61.4 Å². The monoisotopic (exact) mass is 596 g/mol. The third-order valence-electron chi connectivity index (χ3n) is 6.99. The highest BCUT2D eigenvalue weighted by atomic mass is 32.2. The molecule has 0 nitrogen and oxygen atoms in total. The van der Waals surface area contributed by atoms with Crippen LogP contribution in [0.4, 0.5) is 26.3 Å². The average Bonchev–Trinajstić information content (AvgIpc) is 3.53. The topological polar surface area (TPSA) is 0 Å². The maximum atomic E-state index is 15.3. The zero-order valence-electron chi connectivity index (χ0n) is 17.8. The van der Waals surface area contributed by atoms with Crippen LogP contribution >= 0.6 is 71.5 Å². The lowest BCUT2D eigenvalue weighted by Crippen LogP contribution is -2.48. The van der Waals surface area contributed by atoms with Crippen molar-refractivity contribution < 1.29 is 26.3 Å². The number of allylic oxidation sites excluding steroid dienone is 4. The number of thioether (sulfide) groups is 2. The van der Waals surface area contributed by atoms with E-state index in [9.17, 15) is 8.78 Å². The van der Waals surface area contributed by atoms with Crippen LogP contribution in [0.2, 0.25) is 0 Å². The van der Waals surface area contributed by atoms with Gasteiger partial charge in [0, 0.05) is 30.7 Å². The van der Waals surface area contributed by atoms with Crippen LogP contribution in [0.15, 0.2) is 67.1 Å². The van der Waals surface area contributed by atoms with E-state index in [2.05, 4.69) is 25.3 Å². The molecule has 0 saturated heterocycles. The van der Waals surface area contributed by atoms with E-state index in [1.54, 1.807) is 38.1 Å². The fourth-order valence-corrected chi connectivity index (χ4v) is 10.6. The van der Waals surface area contributed by atoms with Gasteiger partial charge in [-0.3, -0.25) is 0 Å². The van der Waals surface area contributed by atoms with Crippen molar-refractivity contribution >= 4 is 81.3 Å². The molecule has 2 aromatic heterocycles. The summed E-state index contributed by atoms with van der Waals surface area (Å²) < 4.78 is 89.7. The van der Waals surface area contributed by atoms with Crippen molar-refractivity contribution in [2.75, 3.05) is 0 Å². The highest BCUT2D eigenvalue weighted by Gasteiger charge is 2.84. The van der Waals surface area contributed by atoms with E-state index in [-0.39, 0.29) is 11.1 Å². The van der Waals surface area contributed by atoms with E-state index < -0.39 is 38.4 Å². The molecule has 2 atom stereocenters. The van der Waals surface area contributed by atoms with E-state index in [1.807, 2.05) is 0 Å². The minimum atomic E-state index is -5.55. The van der Waals surface area contributed by atoms with E-state index in [0.717, 1.165) is 0 Å². The fourth-order valence-electron chi connectivity index (χ4n) is 5.07. The molecule has 6 rings (SSSR count). The van der Waals surface area contributed by atoms with Gasteiger partial charge in [-0.25, -0.2) is 0 Å². The first-order chi connectivity index (χ1) is 16.1. The van der Waals surface area contributed by atoms with Crippen molar-refractivity contribution in [1.29, 1.82) is 0 Å². The Balaban J connectivity index is 1.67. The highest BCUT2D eigenvalue weighted by Crippen LogP contribution is 2.75. The predicted molar refractivity (Wildman–Crippen MR) is 140 cm³/mol. The summed E-state index contributed by atoms with van der Waals surface area (Å²) in [5.74, 6) is -15.6. The second-order valence-electron chi connectivity index (χ2n) is 8.86. The van der Waals surface area contributed by atoms with Crippen LogP contribution < -0.4 is 0 Å². The molecule has 35 heavy (non-hydrogen) atoms. The van der Waals surface area contributed by atoms with E-state index in [1.165, 1.54) is 58.3 Å². The van der Waals surface area contributed by atoms with Gasteiger partial charge in [-0.1, -0.05) is 0 Å². The number of halogens is 6. The van der Waals surface area contributed by atoms with Gasteiger partial charge in [0.25, 0.3) is 0 Å². The highest BCUT2D eigenvalue weighted by molar-refractivity contribution is 8.14. The molecule has 4 aliphatic rings. The number of rotatable bonds is 2. The number of thiophene rings is 2. The van der Waals surface area contributed by atoms with Gasteiger partial charge in [-0.2, -0.15) is 26.3 Å². The first kappa shape index (κ1) is 24.7. The van der Waals surface area contributed by atoms with Crippen molar-refractivity contribution in [3.63, 3.8) is 0 Å². The molecule has 1 saturated carbocycles. The Kier molecular flexibility index (Phi) is 5.11. The minimum Gasteiger partial charge on any atom is -0.194 e. The van der Waals surface area contributed by atoms with Crippen molar-refractivity contribution in [1.82, 2.24) is 0 Å². The summed E-state index contributed by atoms with van der Waals surface area (Å²) in [5, 5.41) is 0.